The largest absolute Gasteiger partial charge is 0.396 e. The van der Waals surface area contributed by atoms with E-state index in [0.717, 1.165) is 17.7 Å². The Morgan fingerprint density at radius 3 is 2.33 bits per heavy atom. The van der Waals surface area contributed by atoms with Crippen molar-refractivity contribution in [2.24, 2.45) is 5.92 Å². The molecule has 0 heterocycles. The van der Waals surface area contributed by atoms with Crippen molar-refractivity contribution in [2.45, 2.75) is 45.4 Å². The third-order valence-electron chi connectivity index (χ3n) is 2.19. The molecule has 0 aromatic heterocycles. The van der Waals surface area contributed by atoms with Gasteiger partial charge in [0.15, 0.2) is 0 Å². The molecule has 0 aliphatic heterocycles. The molecule has 0 fully saturated rings. The van der Waals surface area contributed by atoms with E-state index < -0.39 is 0 Å². The van der Waals surface area contributed by atoms with Gasteiger partial charge >= 0.3 is 0 Å². The first-order chi connectivity index (χ1) is 5.81. The van der Waals surface area contributed by atoms with Crippen LogP contribution in [-0.2, 0) is 0 Å². The molecule has 1 atom stereocenters. The first-order valence-electron chi connectivity index (χ1n) is 4.98. The molecule has 12 heavy (non-hydrogen) atoms. The Hall–Kier alpha value is 0.440. The van der Waals surface area contributed by atoms with Crippen molar-refractivity contribution in [3.05, 3.63) is 0 Å². The lowest BCUT2D eigenvalue weighted by molar-refractivity contribution is 0.271. The number of halogens is 1. The van der Waals surface area contributed by atoms with Gasteiger partial charge in [0.05, 0.1) is 0 Å². The molecule has 0 saturated carbocycles. The lowest BCUT2D eigenvalue weighted by Gasteiger charge is -2.09. The van der Waals surface area contributed by atoms with Crippen LogP contribution < -0.4 is 0 Å². The van der Waals surface area contributed by atoms with Crippen LogP contribution in [0.25, 0.3) is 0 Å². The Balaban J connectivity index is 3.02. The van der Waals surface area contributed by atoms with E-state index in [2.05, 4.69) is 22.9 Å². The molecule has 0 rings (SSSR count). The molecule has 74 valence electrons. The van der Waals surface area contributed by atoms with Crippen LogP contribution in [0, 0.1) is 5.92 Å². The first kappa shape index (κ1) is 12.4. The fourth-order valence-electron chi connectivity index (χ4n) is 1.35. The van der Waals surface area contributed by atoms with E-state index >= 15 is 0 Å². The van der Waals surface area contributed by atoms with Crippen LogP contribution in [0.15, 0.2) is 0 Å². The maximum Gasteiger partial charge on any atom is 0.0431 e. The minimum atomic E-state index is 0.353. The molecule has 0 aliphatic carbocycles. The molecule has 0 radical (unpaired) electrons. The molecular weight excluding hydrogens is 216 g/mol. The fraction of sp³-hybridized carbons (Fsp3) is 1.00. The van der Waals surface area contributed by atoms with Gasteiger partial charge in [0.2, 0.25) is 0 Å². The minimum absolute atomic E-state index is 0.353. The normalized spacial score (nSPS) is 13.2. The van der Waals surface area contributed by atoms with Gasteiger partial charge in [0.25, 0.3) is 0 Å². The van der Waals surface area contributed by atoms with Gasteiger partial charge in [-0.15, -0.1) is 0 Å². The van der Waals surface area contributed by atoms with Gasteiger partial charge in [0.1, 0.15) is 0 Å². The second-order valence-electron chi connectivity index (χ2n) is 3.51. The summed E-state index contributed by atoms with van der Waals surface area (Å²) in [4.78, 5) is 0. The van der Waals surface area contributed by atoms with Crippen LogP contribution in [0.5, 0.6) is 0 Å². The van der Waals surface area contributed by atoms with Gasteiger partial charge in [-0.3, -0.25) is 0 Å². The second-order valence-corrected chi connectivity index (χ2v) is 4.30. The Morgan fingerprint density at radius 2 is 1.75 bits per heavy atom. The fourth-order valence-corrected chi connectivity index (χ4v) is 1.74. The van der Waals surface area contributed by atoms with Crippen LogP contribution in [0.1, 0.15) is 45.4 Å². The van der Waals surface area contributed by atoms with Gasteiger partial charge in [0, 0.05) is 11.9 Å². The molecule has 0 aliphatic rings. The van der Waals surface area contributed by atoms with Crippen molar-refractivity contribution in [3.8, 4) is 0 Å². The number of hydrogen-bond donors (Lipinski definition) is 1. The molecule has 1 nitrogen and oxygen atoms in total. The van der Waals surface area contributed by atoms with Crippen molar-refractivity contribution in [1.29, 1.82) is 0 Å². The molecule has 0 aromatic rings. The Kier molecular flexibility index (Phi) is 9.88. The van der Waals surface area contributed by atoms with Gasteiger partial charge < -0.3 is 5.11 Å². The number of unbranched alkanes of at least 4 members (excludes halogenated alkanes) is 2. The Labute approximate surface area is 84.7 Å². The molecule has 0 bridgehead atoms. The minimum Gasteiger partial charge on any atom is -0.396 e. The molecule has 1 N–H and O–H groups in total. The predicted molar refractivity (Wildman–Crippen MR) is 57.7 cm³/mol. The summed E-state index contributed by atoms with van der Waals surface area (Å²) >= 11 is 3.43. The van der Waals surface area contributed by atoms with E-state index in [-0.39, 0.29) is 0 Å². The van der Waals surface area contributed by atoms with Gasteiger partial charge in [-0.2, -0.15) is 0 Å². The standard InChI is InChI=1S/C10H21BrO/c1-10(7-5-9-12)6-3-2-4-8-11/h10,12H,2-9H2,1H3. The third-order valence-corrected chi connectivity index (χ3v) is 2.75. The highest BCUT2D eigenvalue weighted by atomic mass is 79.9. The van der Waals surface area contributed by atoms with Crippen LogP contribution in [-0.4, -0.2) is 17.0 Å². The van der Waals surface area contributed by atoms with Gasteiger partial charge in [-0.25, -0.2) is 0 Å². The predicted octanol–water partition coefficient (Wildman–Crippen LogP) is 3.35. The van der Waals surface area contributed by atoms with Crippen LogP contribution in [0.2, 0.25) is 0 Å². The molecule has 1 unspecified atom stereocenters. The summed E-state index contributed by atoms with van der Waals surface area (Å²) < 4.78 is 0. The summed E-state index contributed by atoms with van der Waals surface area (Å²) in [6.45, 7) is 2.63. The molecule has 0 amide bonds. The highest BCUT2D eigenvalue weighted by molar-refractivity contribution is 9.09. The van der Waals surface area contributed by atoms with E-state index in [4.69, 9.17) is 5.11 Å². The topological polar surface area (TPSA) is 20.2 Å². The Morgan fingerprint density at radius 1 is 1.08 bits per heavy atom. The molecule has 0 saturated heterocycles. The maximum absolute atomic E-state index is 8.62. The van der Waals surface area contributed by atoms with Crippen molar-refractivity contribution in [2.75, 3.05) is 11.9 Å². The van der Waals surface area contributed by atoms with E-state index in [1.807, 2.05) is 0 Å². The number of rotatable bonds is 8. The van der Waals surface area contributed by atoms with Crippen molar-refractivity contribution in [1.82, 2.24) is 0 Å². The maximum atomic E-state index is 8.62. The summed E-state index contributed by atoms with van der Waals surface area (Å²) in [5.41, 5.74) is 0. The average Bonchev–Trinajstić information content (AvgIpc) is 2.09. The lowest BCUT2D eigenvalue weighted by Crippen LogP contribution is -1.96. The zero-order chi connectivity index (χ0) is 9.23. The monoisotopic (exact) mass is 236 g/mol. The zero-order valence-electron chi connectivity index (χ0n) is 8.06. The van der Waals surface area contributed by atoms with Crippen LogP contribution >= 0.6 is 15.9 Å². The third kappa shape index (κ3) is 8.54. The summed E-state index contributed by atoms with van der Waals surface area (Å²) in [5.74, 6) is 0.799. The van der Waals surface area contributed by atoms with E-state index in [1.165, 1.54) is 32.1 Å². The molecular formula is C10H21BrO. The van der Waals surface area contributed by atoms with Crippen molar-refractivity contribution in [3.63, 3.8) is 0 Å². The summed E-state index contributed by atoms with van der Waals surface area (Å²) in [7, 11) is 0. The highest BCUT2D eigenvalue weighted by Crippen LogP contribution is 2.14. The number of aliphatic hydroxyl groups excluding tert-OH is 1. The SMILES string of the molecule is CC(CCCO)CCCCCBr. The van der Waals surface area contributed by atoms with E-state index in [9.17, 15) is 0 Å². The van der Waals surface area contributed by atoms with Crippen molar-refractivity contribution >= 4 is 15.9 Å². The molecule has 0 aromatic carbocycles. The smallest absolute Gasteiger partial charge is 0.0431 e. The summed E-state index contributed by atoms with van der Waals surface area (Å²) in [5, 5.41) is 9.76. The van der Waals surface area contributed by atoms with Crippen LogP contribution in [0.4, 0.5) is 0 Å². The first-order valence-corrected chi connectivity index (χ1v) is 6.10. The number of hydrogen-bond acceptors (Lipinski definition) is 1. The van der Waals surface area contributed by atoms with E-state index in [0.29, 0.717) is 6.61 Å². The van der Waals surface area contributed by atoms with Crippen LogP contribution in [0.3, 0.4) is 0 Å². The highest BCUT2D eigenvalue weighted by Gasteiger charge is 2.00. The Bertz CT molecular complexity index is 85.9. The lowest BCUT2D eigenvalue weighted by atomic mass is 9.99. The van der Waals surface area contributed by atoms with Gasteiger partial charge in [-0.05, 0) is 25.2 Å². The molecule has 0 spiro atoms. The second kappa shape index (κ2) is 9.53. The van der Waals surface area contributed by atoms with Crippen molar-refractivity contribution < 1.29 is 5.11 Å². The number of aliphatic hydroxyl groups is 1. The summed E-state index contributed by atoms with van der Waals surface area (Å²) in [6.07, 6.45) is 7.47. The number of alkyl halides is 1. The zero-order valence-corrected chi connectivity index (χ0v) is 9.65. The average molecular weight is 237 g/mol. The quantitative estimate of drug-likeness (QED) is 0.507. The van der Waals surface area contributed by atoms with E-state index in [1.54, 1.807) is 0 Å². The van der Waals surface area contributed by atoms with Gasteiger partial charge in [-0.1, -0.05) is 42.1 Å². The summed E-state index contributed by atoms with van der Waals surface area (Å²) in [6, 6.07) is 0. The molecule has 2 heteroatoms.